The zero-order valence-electron chi connectivity index (χ0n) is 20.2. The molecule has 2 amide bonds. The number of nitrogens with one attached hydrogen (secondary N) is 2. The molecule has 2 N–H and O–H groups in total. The number of halogens is 1. The van der Waals surface area contributed by atoms with Crippen molar-refractivity contribution in [1.82, 2.24) is 5.32 Å². The lowest BCUT2D eigenvalue weighted by atomic mass is 10.1. The molecule has 0 radical (unpaired) electrons. The summed E-state index contributed by atoms with van der Waals surface area (Å²) >= 11 is 0. The Kier molecular flexibility index (Phi) is 8.86. The summed E-state index contributed by atoms with van der Waals surface area (Å²) in [5, 5.41) is 5.17. The fraction of sp³-hybridized carbons (Fsp3) is 0.154. The highest BCUT2D eigenvalue weighted by atomic mass is 32.2. The normalized spacial score (nSPS) is 10.8. The van der Waals surface area contributed by atoms with E-state index in [0.717, 1.165) is 6.07 Å². The van der Waals surface area contributed by atoms with Crippen LogP contribution < -0.4 is 24.4 Å². The second-order valence-corrected chi connectivity index (χ2v) is 9.43. The van der Waals surface area contributed by atoms with Gasteiger partial charge in [0.2, 0.25) is 5.91 Å². The Morgan fingerprint density at radius 2 is 1.68 bits per heavy atom. The van der Waals surface area contributed by atoms with E-state index < -0.39 is 34.2 Å². The van der Waals surface area contributed by atoms with Crippen molar-refractivity contribution in [1.29, 1.82) is 0 Å². The van der Waals surface area contributed by atoms with Crippen molar-refractivity contribution >= 4 is 33.2 Å². The number of ether oxygens (including phenoxy) is 2. The molecule has 0 fully saturated rings. The molecule has 3 aromatic rings. The maximum atomic E-state index is 14.8. The SMILES string of the molecule is C=CCNC(=O)c1ccccc1NC(=O)CN(c1ccccc1F)S(=O)(=O)c1ccc(OC)c(OC)c1. The quantitative estimate of drug-likeness (QED) is 0.369. The van der Waals surface area contributed by atoms with E-state index >= 15 is 0 Å². The fourth-order valence-electron chi connectivity index (χ4n) is 3.43. The summed E-state index contributed by atoms with van der Waals surface area (Å²) in [7, 11) is -1.71. The summed E-state index contributed by atoms with van der Waals surface area (Å²) in [6.45, 7) is 2.98. The van der Waals surface area contributed by atoms with E-state index in [1.807, 2.05) is 0 Å². The average molecular weight is 528 g/mol. The summed E-state index contributed by atoms with van der Waals surface area (Å²) in [5.74, 6) is -1.66. The van der Waals surface area contributed by atoms with Crippen LogP contribution in [0.2, 0.25) is 0 Å². The molecular weight excluding hydrogens is 501 g/mol. The Labute approximate surface area is 214 Å². The van der Waals surface area contributed by atoms with Gasteiger partial charge in [0.1, 0.15) is 12.4 Å². The first-order valence-electron chi connectivity index (χ1n) is 11.0. The zero-order chi connectivity index (χ0) is 27.0. The molecule has 0 heterocycles. The highest BCUT2D eigenvalue weighted by molar-refractivity contribution is 7.92. The van der Waals surface area contributed by atoms with E-state index in [-0.39, 0.29) is 34.1 Å². The Morgan fingerprint density at radius 1 is 1.00 bits per heavy atom. The van der Waals surface area contributed by atoms with Crippen molar-refractivity contribution in [3.63, 3.8) is 0 Å². The molecule has 0 aliphatic heterocycles. The van der Waals surface area contributed by atoms with Gasteiger partial charge < -0.3 is 20.1 Å². The van der Waals surface area contributed by atoms with Gasteiger partial charge in [-0.2, -0.15) is 0 Å². The summed E-state index contributed by atoms with van der Waals surface area (Å²) in [4.78, 5) is 25.3. The van der Waals surface area contributed by atoms with Gasteiger partial charge in [0.05, 0.1) is 36.1 Å². The second-order valence-electron chi connectivity index (χ2n) is 7.57. The summed E-state index contributed by atoms with van der Waals surface area (Å²) in [6.07, 6.45) is 1.50. The molecule has 3 rings (SSSR count). The Hall–Kier alpha value is -4.38. The maximum absolute atomic E-state index is 14.8. The second kappa shape index (κ2) is 12.0. The molecule has 3 aromatic carbocycles. The molecule has 0 bridgehead atoms. The third-order valence-corrected chi connectivity index (χ3v) is 6.96. The lowest BCUT2D eigenvalue weighted by molar-refractivity contribution is -0.114. The number of hydrogen-bond acceptors (Lipinski definition) is 6. The Bertz CT molecular complexity index is 1410. The van der Waals surface area contributed by atoms with Crippen molar-refractivity contribution in [3.8, 4) is 11.5 Å². The highest BCUT2D eigenvalue weighted by Crippen LogP contribution is 2.33. The van der Waals surface area contributed by atoms with E-state index in [1.54, 1.807) is 12.1 Å². The molecule has 0 aliphatic carbocycles. The monoisotopic (exact) mass is 527 g/mol. The van der Waals surface area contributed by atoms with Gasteiger partial charge >= 0.3 is 0 Å². The van der Waals surface area contributed by atoms with Gasteiger partial charge in [-0.3, -0.25) is 13.9 Å². The topological polar surface area (TPSA) is 114 Å². The first-order chi connectivity index (χ1) is 17.7. The van der Waals surface area contributed by atoms with Crippen LogP contribution in [0.25, 0.3) is 0 Å². The van der Waals surface area contributed by atoms with Gasteiger partial charge in [-0.15, -0.1) is 6.58 Å². The molecular formula is C26H26FN3O6S. The average Bonchev–Trinajstić information content (AvgIpc) is 2.90. The molecule has 0 saturated carbocycles. The molecule has 37 heavy (non-hydrogen) atoms. The molecule has 0 aliphatic rings. The molecule has 0 unspecified atom stereocenters. The van der Waals surface area contributed by atoms with Crippen LogP contribution in [0.4, 0.5) is 15.8 Å². The summed E-state index contributed by atoms with van der Waals surface area (Å²) in [5.41, 5.74) is -0.00611. The number of hydrogen-bond donors (Lipinski definition) is 2. The minimum absolute atomic E-state index is 0.140. The van der Waals surface area contributed by atoms with E-state index in [9.17, 15) is 22.4 Å². The van der Waals surface area contributed by atoms with Gasteiger partial charge in [-0.05, 0) is 36.4 Å². The number of benzene rings is 3. The van der Waals surface area contributed by atoms with Gasteiger partial charge in [-0.1, -0.05) is 30.3 Å². The van der Waals surface area contributed by atoms with E-state index in [0.29, 0.717) is 10.1 Å². The zero-order valence-corrected chi connectivity index (χ0v) is 21.0. The van der Waals surface area contributed by atoms with Crippen LogP contribution in [0.3, 0.4) is 0 Å². The molecule has 194 valence electrons. The molecule has 0 atom stereocenters. The van der Waals surface area contributed by atoms with Crippen molar-refractivity contribution in [2.75, 3.05) is 36.9 Å². The minimum Gasteiger partial charge on any atom is -0.493 e. The third kappa shape index (κ3) is 6.25. The molecule has 9 nitrogen and oxygen atoms in total. The number of sulfonamides is 1. The summed E-state index contributed by atoms with van der Waals surface area (Å²) < 4.78 is 53.1. The molecule has 11 heteroatoms. The number of amides is 2. The Morgan fingerprint density at radius 3 is 2.35 bits per heavy atom. The number of para-hydroxylation sites is 2. The lowest BCUT2D eigenvalue weighted by Crippen LogP contribution is -2.39. The van der Waals surface area contributed by atoms with Crippen LogP contribution in [0.5, 0.6) is 11.5 Å². The van der Waals surface area contributed by atoms with E-state index in [4.69, 9.17) is 9.47 Å². The summed E-state index contributed by atoms with van der Waals surface area (Å²) in [6, 6.07) is 15.3. The van der Waals surface area contributed by atoms with Crippen molar-refractivity contribution in [2.24, 2.45) is 0 Å². The predicted octanol–water partition coefficient (Wildman–Crippen LogP) is 3.59. The van der Waals surface area contributed by atoms with Crippen molar-refractivity contribution in [3.05, 3.63) is 90.8 Å². The number of anilines is 2. The standard InChI is InChI=1S/C26H26FN3O6S/c1-4-15-28-26(32)19-9-5-7-11-21(19)29-25(31)17-30(22-12-8-6-10-20(22)27)37(33,34)18-13-14-23(35-2)24(16-18)36-3/h4-14,16H,1,15,17H2,2-3H3,(H,28,32)(H,29,31). The van der Waals surface area contributed by atoms with Gasteiger partial charge in [0, 0.05) is 12.6 Å². The highest BCUT2D eigenvalue weighted by Gasteiger charge is 2.30. The van der Waals surface area contributed by atoms with Crippen LogP contribution in [0, 0.1) is 5.82 Å². The van der Waals surface area contributed by atoms with Crippen LogP contribution in [-0.4, -0.2) is 47.5 Å². The van der Waals surface area contributed by atoms with Crippen molar-refractivity contribution in [2.45, 2.75) is 4.90 Å². The van der Waals surface area contributed by atoms with Crippen LogP contribution >= 0.6 is 0 Å². The third-order valence-electron chi connectivity index (χ3n) is 5.20. The largest absolute Gasteiger partial charge is 0.493 e. The number of carbonyl (C=O) groups excluding carboxylic acids is 2. The van der Waals surface area contributed by atoms with Crippen molar-refractivity contribution < 1.29 is 31.9 Å². The Balaban J connectivity index is 1.98. The predicted molar refractivity (Wildman–Crippen MR) is 138 cm³/mol. The van der Waals surface area contributed by atoms with Gasteiger partial charge in [0.15, 0.2) is 11.5 Å². The molecule has 0 saturated heterocycles. The first-order valence-corrected chi connectivity index (χ1v) is 12.4. The van der Waals surface area contributed by atoms with Crippen LogP contribution in [-0.2, 0) is 14.8 Å². The number of carbonyl (C=O) groups is 2. The number of nitrogens with zero attached hydrogens (tertiary/aromatic N) is 1. The smallest absolute Gasteiger partial charge is 0.265 e. The van der Waals surface area contributed by atoms with Gasteiger partial charge in [0.25, 0.3) is 15.9 Å². The van der Waals surface area contributed by atoms with Crippen LogP contribution in [0.15, 0.2) is 84.3 Å². The van der Waals surface area contributed by atoms with Gasteiger partial charge in [-0.25, -0.2) is 12.8 Å². The number of rotatable bonds is 11. The van der Waals surface area contributed by atoms with E-state index in [1.165, 1.54) is 68.8 Å². The molecule has 0 spiro atoms. The number of methoxy groups -OCH3 is 2. The first kappa shape index (κ1) is 27.2. The van der Waals surface area contributed by atoms with Crippen LogP contribution in [0.1, 0.15) is 10.4 Å². The fourth-order valence-corrected chi connectivity index (χ4v) is 4.87. The lowest BCUT2D eigenvalue weighted by Gasteiger charge is -2.25. The maximum Gasteiger partial charge on any atom is 0.265 e. The molecule has 0 aromatic heterocycles. The minimum atomic E-state index is -4.45. The van der Waals surface area contributed by atoms with E-state index in [2.05, 4.69) is 17.2 Å².